The minimum Gasteiger partial charge on any atom is -0.481 e. The normalized spacial score (nSPS) is 12.2. The average molecular weight is 270 g/mol. The summed E-state index contributed by atoms with van der Waals surface area (Å²) in [6, 6.07) is 2.77. The first-order valence-electron chi connectivity index (χ1n) is 5.73. The fourth-order valence-electron chi connectivity index (χ4n) is 1.58. The topological polar surface area (TPSA) is 92.5 Å². The van der Waals surface area contributed by atoms with E-state index in [4.69, 9.17) is 5.11 Å². The number of aliphatic carboxylic acids is 1. The smallest absolute Gasteiger partial charge is 0.305 e. The molecular weight excluding hydrogens is 255 g/mol. The Morgan fingerprint density at radius 2 is 2.16 bits per heavy atom. The summed E-state index contributed by atoms with van der Waals surface area (Å²) in [6.45, 7) is 3.62. The number of hydrogen-bond donors (Lipinski definition) is 2. The minimum atomic E-state index is -0.992. The van der Waals surface area contributed by atoms with E-state index in [1.165, 1.54) is 12.1 Å². The van der Waals surface area contributed by atoms with Gasteiger partial charge in [-0.05, 0) is 12.0 Å². The maximum absolute atomic E-state index is 13.7. The monoisotopic (exact) mass is 270 g/mol. The Kier molecular flexibility index (Phi) is 4.80. The van der Waals surface area contributed by atoms with E-state index in [0.29, 0.717) is 0 Å². The van der Waals surface area contributed by atoms with Gasteiger partial charge in [0.1, 0.15) is 0 Å². The maximum Gasteiger partial charge on any atom is 0.305 e. The molecule has 2 N–H and O–H groups in total. The van der Waals surface area contributed by atoms with Crippen LogP contribution in [0.2, 0.25) is 0 Å². The highest BCUT2D eigenvalue weighted by Crippen LogP contribution is 2.23. The number of benzene rings is 1. The van der Waals surface area contributed by atoms with E-state index in [-0.39, 0.29) is 23.7 Å². The number of anilines is 1. The quantitative estimate of drug-likeness (QED) is 0.612. The molecule has 1 aromatic rings. The molecule has 1 unspecified atom stereocenters. The molecule has 104 valence electrons. The van der Waals surface area contributed by atoms with Crippen molar-refractivity contribution < 1.29 is 19.2 Å². The summed E-state index contributed by atoms with van der Waals surface area (Å²) in [6.07, 6.45) is -0.159. The predicted octanol–water partition coefficient (Wildman–Crippen LogP) is 2.65. The van der Waals surface area contributed by atoms with Crippen molar-refractivity contribution in [1.29, 1.82) is 0 Å². The van der Waals surface area contributed by atoms with E-state index < -0.39 is 22.8 Å². The largest absolute Gasteiger partial charge is 0.481 e. The molecule has 0 aromatic heterocycles. The summed E-state index contributed by atoms with van der Waals surface area (Å²) in [7, 11) is 0. The number of nitro benzene ring substituents is 1. The van der Waals surface area contributed by atoms with Crippen LogP contribution in [-0.2, 0) is 4.79 Å². The summed E-state index contributed by atoms with van der Waals surface area (Å²) >= 11 is 0. The van der Waals surface area contributed by atoms with Crippen LogP contribution in [0.15, 0.2) is 18.2 Å². The number of nitrogens with one attached hydrogen (secondary N) is 1. The zero-order valence-electron chi connectivity index (χ0n) is 10.6. The highest BCUT2D eigenvalue weighted by atomic mass is 19.1. The zero-order chi connectivity index (χ0) is 14.6. The van der Waals surface area contributed by atoms with Gasteiger partial charge in [0.05, 0.1) is 23.1 Å². The molecule has 0 bridgehead atoms. The van der Waals surface area contributed by atoms with Crippen molar-refractivity contribution in [3.05, 3.63) is 34.1 Å². The molecule has 0 spiro atoms. The predicted molar refractivity (Wildman–Crippen MR) is 67.6 cm³/mol. The molecule has 0 saturated carbocycles. The first-order valence-corrected chi connectivity index (χ1v) is 5.73. The molecule has 19 heavy (non-hydrogen) atoms. The van der Waals surface area contributed by atoms with Crippen molar-refractivity contribution in [2.45, 2.75) is 26.3 Å². The lowest BCUT2D eigenvalue weighted by atomic mass is 10.0. The van der Waals surface area contributed by atoms with E-state index in [1.54, 1.807) is 0 Å². The number of halogens is 1. The van der Waals surface area contributed by atoms with Crippen LogP contribution in [0.5, 0.6) is 0 Å². The van der Waals surface area contributed by atoms with Gasteiger partial charge >= 0.3 is 5.97 Å². The second-order valence-corrected chi connectivity index (χ2v) is 4.51. The molecule has 1 atom stereocenters. The maximum atomic E-state index is 13.7. The van der Waals surface area contributed by atoms with Gasteiger partial charge in [0.2, 0.25) is 0 Å². The lowest BCUT2D eigenvalue weighted by Gasteiger charge is -2.22. The van der Waals surface area contributed by atoms with Gasteiger partial charge in [-0.15, -0.1) is 0 Å². The Labute approximate surface area is 109 Å². The molecule has 6 nitrogen and oxygen atoms in total. The number of non-ortho nitro benzene ring substituents is 1. The average Bonchev–Trinajstić information content (AvgIpc) is 2.29. The number of hydrogen-bond acceptors (Lipinski definition) is 4. The number of rotatable bonds is 6. The van der Waals surface area contributed by atoms with E-state index in [9.17, 15) is 19.3 Å². The molecule has 0 saturated heterocycles. The van der Waals surface area contributed by atoms with Crippen molar-refractivity contribution in [2.75, 3.05) is 5.32 Å². The molecule has 0 radical (unpaired) electrons. The molecule has 0 aliphatic heterocycles. The van der Waals surface area contributed by atoms with Crippen LogP contribution in [0, 0.1) is 21.8 Å². The first kappa shape index (κ1) is 14.9. The first-order chi connectivity index (χ1) is 8.81. The molecule has 0 fully saturated rings. The lowest BCUT2D eigenvalue weighted by molar-refractivity contribution is -0.385. The summed E-state index contributed by atoms with van der Waals surface area (Å²) in [5.74, 6) is -1.79. The molecule has 0 heterocycles. The third kappa shape index (κ3) is 4.20. The molecule has 7 heteroatoms. The van der Waals surface area contributed by atoms with Gasteiger partial charge in [-0.1, -0.05) is 13.8 Å². The van der Waals surface area contributed by atoms with Gasteiger partial charge in [0.15, 0.2) is 5.82 Å². The van der Waals surface area contributed by atoms with Crippen LogP contribution in [0.1, 0.15) is 20.3 Å². The van der Waals surface area contributed by atoms with E-state index in [1.807, 2.05) is 13.8 Å². The van der Waals surface area contributed by atoms with Crippen LogP contribution in [-0.4, -0.2) is 22.0 Å². The van der Waals surface area contributed by atoms with Crippen molar-refractivity contribution in [1.82, 2.24) is 0 Å². The number of carboxylic acid groups (broad SMARTS) is 1. The highest BCUT2D eigenvalue weighted by Gasteiger charge is 2.19. The Balaban J connectivity index is 2.91. The highest BCUT2D eigenvalue weighted by molar-refractivity contribution is 5.68. The van der Waals surface area contributed by atoms with Gasteiger partial charge in [-0.3, -0.25) is 14.9 Å². The van der Waals surface area contributed by atoms with E-state index in [2.05, 4.69) is 5.32 Å². The van der Waals surface area contributed by atoms with Crippen molar-refractivity contribution in [2.24, 2.45) is 5.92 Å². The van der Waals surface area contributed by atoms with Crippen LogP contribution >= 0.6 is 0 Å². The third-order valence-electron chi connectivity index (χ3n) is 2.70. The Morgan fingerprint density at radius 1 is 1.53 bits per heavy atom. The third-order valence-corrected chi connectivity index (χ3v) is 2.70. The van der Waals surface area contributed by atoms with Crippen LogP contribution in [0.3, 0.4) is 0 Å². The van der Waals surface area contributed by atoms with Crippen LogP contribution < -0.4 is 5.32 Å². The Bertz CT molecular complexity index is 491. The summed E-state index contributed by atoms with van der Waals surface area (Å²) < 4.78 is 13.7. The second kappa shape index (κ2) is 6.12. The van der Waals surface area contributed by atoms with Crippen molar-refractivity contribution >= 4 is 17.3 Å². The van der Waals surface area contributed by atoms with E-state index >= 15 is 0 Å². The van der Waals surface area contributed by atoms with Gasteiger partial charge in [0, 0.05) is 12.1 Å². The number of carbonyl (C=O) groups is 1. The number of nitrogens with zero attached hydrogens (tertiary/aromatic N) is 1. The molecule has 0 aliphatic rings. The molecule has 1 aromatic carbocycles. The number of nitro groups is 1. The molecule has 1 rings (SSSR count). The summed E-state index contributed by atoms with van der Waals surface area (Å²) in [4.78, 5) is 20.5. The van der Waals surface area contributed by atoms with Crippen molar-refractivity contribution in [3.63, 3.8) is 0 Å². The summed E-state index contributed by atoms with van der Waals surface area (Å²) in [5, 5.41) is 22.0. The fraction of sp³-hybridized carbons (Fsp3) is 0.417. The van der Waals surface area contributed by atoms with Crippen molar-refractivity contribution in [3.8, 4) is 0 Å². The molecular formula is C12H15FN2O4. The number of carboxylic acids is 1. The minimum absolute atomic E-state index is 0.0225. The van der Waals surface area contributed by atoms with Crippen LogP contribution in [0.4, 0.5) is 15.8 Å². The lowest BCUT2D eigenvalue weighted by Crippen LogP contribution is -2.29. The summed E-state index contributed by atoms with van der Waals surface area (Å²) in [5.41, 5.74) is -0.284. The van der Waals surface area contributed by atoms with Gasteiger partial charge < -0.3 is 10.4 Å². The van der Waals surface area contributed by atoms with Gasteiger partial charge in [-0.2, -0.15) is 0 Å². The van der Waals surface area contributed by atoms with Crippen LogP contribution in [0.25, 0.3) is 0 Å². The standard InChI is InChI=1S/C12H15FN2O4/c1-7(2)11(6-12(16)17)14-10-4-3-8(15(18)19)5-9(10)13/h3-5,7,11,14H,6H2,1-2H3,(H,16,17). The second-order valence-electron chi connectivity index (χ2n) is 4.51. The molecule has 0 aliphatic carbocycles. The van der Waals surface area contributed by atoms with Gasteiger partial charge in [0.25, 0.3) is 5.69 Å². The Morgan fingerprint density at radius 3 is 2.58 bits per heavy atom. The molecule has 0 amide bonds. The Hall–Kier alpha value is -2.18. The fourth-order valence-corrected chi connectivity index (χ4v) is 1.58. The van der Waals surface area contributed by atoms with Gasteiger partial charge in [-0.25, -0.2) is 4.39 Å². The zero-order valence-corrected chi connectivity index (χ0v) is 10.6. The van der Waals surface area contributed by atoms with E-state index in [0.717, 1.165) is 6.07 Å². The SMILES string of the molecule is CC(C)C(CC(=O)O)Nc1ccc([N+](=O)[O-])cc1F.